The van der Waals surface area contributed by atoms with Gasteiger partial charge in [-0.2, -0.15) is 0 Å². The monoisotopic (exact) mass is 296 g/mol. The summed E-state index contributed by atoms with van der Waals surface area (Å²) in [5.41, 5.74) is 5.54. The fourth-order valence-corrected chi connectivity index (χ4v) is 1.80. The highest BCUT2D eigenvalue weighted by atomic mass is 35.5. The second-order valence-corrected chi connectivity index (χ2v) is 4.46. The molecule has 2 aromatic carbocycles. The van der Waals surface area contributed by atoms with Crippen LogP contribution >= 0.6 is 11.6 Å². The van der Waals surface area contributed by atoms with Crippen LogP contribution in [0.3, 0.4) is 0 Å². The highest BCUT2D eigenvalue weighted by molar-refractivity contribution is 6.30. The molecule has 2 rings (SSSR count). The first-order valence-electron chi connectivity index (χ1n) is 5.68. The molecule has 0 bridgehead atoms. The van der Waals surface area contributed by atoms with E-state index in [0.29, 0.717) is 5.75 Å². The fraction of sp³-hybridized carbons (Fsp3) is 0.0714. The zero-order chi connectivity index (χ0) is 14.7. The molecular weight excluding hydrogens is 286 g/mol. The van der Waals surface area contributed by atoms with Crippen LogP contribution in [0.1, 0.15) is 11.1 Å². The van der Waals surface area contributed by atoms with Crippen molar-refractivity contribution in [3.8, 4) is 5.75 Å². The molecule has 2 aromatic rings. The largest absolute Gasteiger partial charge is 0.489 e. The third-order valence-corrected chi connectivity index (χ3v) is 2.94. The predicted octanol–water partition coefficient (Wildman–Crippen LogP) is 3.48. The van der Waals surface area contributed by atoms with Gasteiger partial charge < -0.3 is 10.5 Å². The maximum absolute atomic E-state index is 14.0. The minimum atomic E-state index is -0.604. The van der Waals surface area contributed by atoms with Gasteiger partial charge >= 0.3 is 0 Å². The van der Waals surface area contributed by atoms with E-state index < -0.39 is 11.6 Å². The van der Waals surface area contributed by atoms with Crippen molar-refractivity contribution in [1.29, 1.82) is 5.41 Å². The van der Waals surface area contributed by atoms with E-state index >= 15 is 0 Å². The SMILES string of the molecule is N=C(N)c1cccc(COc2ccc(F)c(Cl)c2)c1F. The summed E-state index contributed by atoms with van der Waals surface area (Å²) in [4.78, 5) is 0. The Hall–Kier alpha value is -2.14. The maximum Gasteiger partial charge on any atom is 0.142 e. The van der Waals surface area contributed by atoms with E-state index in [0.717, 1.165) is 0 Å². The van der Waals surface area contributed by atoms with Gasteiger partial charge in [-0.1, -0.05) is 23.7 Å². The first kappa shape index (κ1) is 14.3. The van der Waals surface area contributed by atoms with Crippen molar-refractivity contribution in [2.24, 2.45) is 5.73 Å². The molecule has 0 unspecified atom stereocenters. The Morgan fingerprint density at radius 1 is 1.25 bits per heavy atom. The number of hydrogen-bond acceptors (Lipinski definition) is 2. The van der Waals surface area contributed by atoms with Crippen LogP contribution in [-0.2, 0) is 6.61 Å². The van der Waals surface area contributed by atoms with E-state index in [1.54, 1.807) is 6.07 Å². The summed E-state index contributed by atoms with van der Waals surface area (Å²) in [7, 11) is 0. The quantitative estimate of drug-likeness (QED) is 0.670. The lowest BCUT2D eigenvalue weighted by atomic mass is 10.1. The molecule has 0 aliphatic rings. The minimum absolute atomic E-state index is 0.0169. The third kappa shape index (κ3) is 3.05. The second kappa shape index (κ2) is 5.88. The van der Waals surface area contributed by atoms with E-state index in [4.69, 9.17) is 27.5 Å². The summed E-state index contributed by atoms with van der Waals surface area (Å²) in [6.45, 7) is -0.0745. The van der Waals surface area contributed by atoms with Gasteiger partial charge in [0.15, 0.2) is 0 Å². The van der Waals surface area contributed by atoms with Crippen LogP contribution in [0.25, 0.3) is 0 Å². The number of nitrogens with one attached hydrogen (secondary N) is 1. The lowest BCUT2D eigenvalue weighted by Crippen LogP contribution is -2.14. The summed E-state index contributed by atoms with van der Waals surface area (Å²) < 4.78 is 32.3. The van der Waals surface area contributed by atoms with E-state index in [2.05, 4.69) is 0 Å². The number of rotatable bonds is 4. The molecule has 104 valence electrons. The average molecular weight is 297 g/mol. The van der Waals surface area contributed by atoms with E-state index in [1.807, 2.05) is 0 Å². The topological polar surface area (TPSA) is 59.1 Å². The van der Waals surface area contributed by atoms with E-state index in [-0.39, 0.29) is 28.6 Å². The van der Waals surface area contributed by atoms with Gasteiger partial charge in [-0.05, 0) is 18.2 Å². The van der Waals surface area contributed by atoms with E-state index in [9.17, 15) is 8.78 Å². The summed E-state index contributed by atoms with van der Waals surface area (Å²) in [6, 6.07) is 8.39. The number of ether oxygens (including phenoxy) is 1. The van der Waals surface area contributed by atoms with Gasteiger partial charge in [0, 0.05) is 11.6 Å². The second-order valence-electron chi connectivity index (χ2n) is 4.06. The molecule has 6 heteroatoms. The van der Waals surface area contributed by atoms with Crippen molar-refractivity contribution in [1.82, 2.24) is 0 Å². The van der Waals surface area contributed by atoms with Gasteiger partial charge in [-0.3, -0.25) is 5.41 Å². The summed E-state index contributed by atoms with van der Waals surface area (Å²) >= 11 is 5.62. The van der Waals surface area contributed by atoms with Crippen LogP contribution in [0.5, 0.6) is 5.75 Å². The van der Waals surface area contributed by atoms with Gasteiger partial charge in [0.05, 0.1) is 10.6 Å². The number of halogens is 3. The Balaban J connectivity index is 2.17. The van der Waals surface area contributed by atoms with Crippen molar-refractivity contribution in [2.75, 3.05) is 0 Å². The molecular formula is C14H11ClF2N2O. The Bertz CT molecular complexity index is 662. The molecule has 0 aromatic heterocycles. The van der Waals surface area contributed by atoms with Crippen LogP contribution in [0.2, 0.25) is 5.02 Å². The highest BCUT2D eigenvalue weighted by Crippen LogP contribution is 2.22. The Labute approximate surface area is 119 Å². The summed E-state index contributed by atoms with van der Waals surface area (Å²) in [5.74, 6) is -1.19. The smallest absolute Gasteiger partial charge is 0.142 e. The van der Waals surface area contributed by atoms with Gasteiger partial charge in [0.25, 0.3) is 0 Å². The Morgan fingerprint density at radius 3 is 2.65 bits per heavy atom. The number of hydrogen-bond donors (Lipinski definition) is 2. The number of nitrogens with two attached hydrogens (primary N) is 1. The van der Waals surface area contributed by atoms with Crippen molar-refractivity contribution in [3.63, 3.8) is 0 Å². The van der Waals surface area contributed by atoms with Crippen LogP contribution in [0.15, 0.2) is 36.4 Å². The molecule has 0 saturated heterocycles. The highest BCUT2D eigenvalue weighted by Gasteiger charge is 2.11. The molecule has 0 atom stereocenters. The standard InChI is InChI=1S/C14H11ClF2N2O/c15-11-6-9(4-5-12(11)16)20-7-8-2-1-3-10(13(8)17)14(18)19/h1-6H,7H2,(H3,18,19). The molecule has 0 amide bonds. The van der Waals surface area contributed by atoms with Crippen LogP contribution in [0, 0.1) is 17.0 Å². The van der Waals surface area contributed by atoms with Crippen molar-refractivity contribution in [2.45, 2.75) is 6.61 Å². The number of benzene rings is 2. The predicted molar refractivity (Wildman–Crippen MR) is 73.2 cm³/mol. The molecule has 0 radical (unpaired) electrons. The summed E-state index contributed by atoms with van der Waals surface area (Å²) in [5, 5.41) is 7.19. The maximum atomic E-state index is 14.0. The number of nitrogen functional groups attached to an aromatic ring is 1. The lowest BCUT2D eigenvalue weighted by Gasteiger charge is -2.09. The van der Waals surface area contributed by atoms with Crippen LogP contribution in [-0.4, -0.2) is 5.84 Å². The molecule has 20 heavy (non-hydrogen) atoms. The Morgan fingerprint density at radius 2 is 2.00 bits per heavy atom. The summed E-state index contributed by atoms with van der Waals surface area (Å²) in [6.07, 6.45) is 0. The first-order chi connectivity index (χ1) is 9.49. The van der Waals surface area contributed by atoms with Gasteiger partial charge in [-0.15, -0.1) is 0 Å². The molecule has 3 nitrogen and oxygen atoms in total. The molecule has 0 heterocycles. The molecule has 0 aliphatic heterocycles. The molecule has 0 aliphatic carbocycles. The average Bonchev–Trinajstić information content (AvgIpc) is 2.41. The van der Waals surface area contributed by atoms with Gasteiger partial charge in [-0.25, -0.2) is 8.78 Å². The normalized spacial score (nSPS) is 10.3. The van der Waals surface area contributed by atoms with Crippen LogP contribution in [0.4, 0.5) is 8.78 Å². The van der Waals surface area contributed by atoms with Crippen molar-refractivity contribution in [3.05, 3.63) is 64.2 Å². The van der Waals surface area contributed by atoms with Crippen molar-refractivity contribution < 1.29 is 13.5 Å². The molecule has 0 spiro atoms. The zero-order valence-electron chi connectivity index (χ0n) is 10.3. The van der Waals surface area contributed by atoms with E-state index in [1.165, 1.54) is 30.3 Å². The number of amidine groups is 1. The molecule has 3 N–H and O–H groups in total. The van der Waals surface area contributed by atoms with Crippen molar-refractivity contribution >= 4 is 17.4 Å². The lowest BCUT2D eigenvalue weighted by molar-refractivity contribution is 0.299. The molecule has 0 fully saturated rings. The van der Waals surface area contributed by atoms with Gasteiger partial charge in [0.1, 0.15) is 29.8 Å². The Kier molecular flexibility index (Phi) is 4.20. The first-order valence-corrected chi connectivity index (χ1v) is 6.06. The third-order valence-electron chi connectivity index (χ3n) is 2.65. The zero-order valence-corrected chi connectivity index (χ0v) is 11.0. The van der Waals surface area contributed by atoms with Gasteiger partial charge in [0.2, 0.25) is 0 Å². The fourth-order valence-electron chi connectivity index (χ4n) is 1.63. The van der Waals surface area contributed by atoms with Crippen LogP contribution < -0.4 is 10.5 Å². The molecule has 0 saturated carbocycles. The minimum Gasteiger partial charge on any atom is -0.489 e.